The summed E-state index contributed by atoms with van der Waals surface area (Å²) in [6.07, 6.45) is 3.06. The molecule has 4 rings (SSSR count). The molecule has 1 aromatic heterocycles. The Hall–Kier alpha value is -4.46. The quantitative estimate of drug-likeness (QED) is 0.261. The van der Waals surface area contributed by atoms with Gasteiger partial charge in [0.1, 0.15) is 11.5 Å². The second-order valence-corrected chi connectivity index (χ2v) is 7.60. The van der Waals surface area contributed by atoms with E-state index in [1.54, 1.807) is 60.7 Å². The number of esters is 1. The number of carbonyl (C=O) groups excluding carboxylic acids is 3. The Morgan fingerprint density at radius 3 is 2.38 bits per heavy atom. The van der Waals surface area contributed by atoms with Crippen LogP contribution in [0.5, 0.6) is 5.75 Å². The summed E-state index contributed by atoms with van der Waals surface area (Å²) in [4.78, 5) is 43.3. The summed E-state index contributed by atoms with van der Waals surface area (Å²) in [6, 6.07) is 15.9. The van der Waals surface area contributed by atoms with E-state index >= 15 is 0 Å². The maximum Gasteiger partial charge on any atom is 0.309 e. The summed E-state index contributed by atoms with van der Waals surface area (Å²) < 4.78 is 10.0. The number of nitrogens with zero attached hydrogens (tertiary/aromatic N) is 2. The molecule has 172 valence electrons. The summed E-state index contributed by atoms with van der Waals surface area (Å²) in [7, 11) is 2.83. The normalized spacial score (nSPS) is 17.0. The monoisotopic (exact) mass is 458 g/mol. The smallest absolute Gasteiger partial charge is 0.309 e. The van der Waals surface area contributed by atoms with Gasteiger partial charge in [0.15, 0.2) is 0 Å². The van der Waals surface area contributed by atoms with E-state index in [9.17, 15) is 19.5 Å². The third kappa shape index (κ3) is 4.25. The van der Waals surface area contributed by atoms with Crippen LogP contribution in [-0.2, 0) is 25.5 Å². The molecule has 1 aliphatic heterocycles. The summed E-state index contributed by atoms with van der Waals surface area (Å²) in [6.45, 7) is 0. The molecule has 0 radical (unpaired) electrons. The Bertz CT molecular complexity index is 1270. The first kappa shape index (κ1) is 22.7. The second-order valence-electron chi connectivity index (χ2n) is 7.60. The first-order valence-electron chi connectivity index (χ1n) is 10.5. The topological polar surface area (TPSA) is 106 Å². The van der Waals surface area contributed by atoms with Crippen LogP contribution in [0, 0.1) is 0 Å². The molecule has 1 atom stereocenters. The number of pyridine rings is 1. The van der Waals surface area contributed by atoms with Gasteiger partial charge in [0.25, 0.3) is 11.7 Å². The highest BCUT2D eigenvalue weighted by atomic mass is 16.5. The minimum Gasteiger partial charge on any atom is -0.507 e. The van der Waals surface area contributed by atoms with Crippen LogP contribution in [0.25, 0.3) is 5.76 Å². The average molecular weight is 458 g/mol. The maximum atomic E-state index is 13.2. The minimum atomic E-state index is -0.894. The van der Waals surface area contributed by atoms with Crippen LogP contribution >= 0.6 is 0 Å². The van der Waals surface area contributed by atoms with Crippen molar-refractivity contribution in [3.8, 4) is 5.75 Å². The summed E-state index contributed by atoms with van der Waals surface area (Å²) in [5, 5.41) is 11.1. The van der Waals surface area contributed by atoms with Crippen LogP contribution in [0.15, 0.2) is 78.6 Å². The number of ketones is 1. The molecule has 2 aromatic carbocycles. The van der Waals surface area contributed by atoms with Gasteiger partial charge in [-0.3, -0.25) is 24.3 Å². The van der Waals surface area contributed by atoms with Crippen molar-refractivity contribution in [1.29, 1.82) is 0 Å². The van der Waals surface area contributed by atoms with Gasteiger partial charge in [-0.05, 0) is 47.5 Å². The van der Waals surface area contributed by atoms with Gasteiger partial charge in [-0.1, -0.05) is 24.3 Å². The molecule has 1 aliphatic rings. The zero-order valence-electron chi connectivity index (χ0n) is 18.6. The lowest BCUT2D eigenvalue weighted by Gasteiger charge is -2.26. The van der Waals surface area contributed by atoms with Crippen molar-refractivity contribution >= 4 is 29.1 Å². The number of hydrogen-bond acceptors (Lipinski definition) is 7. The molecule has 3 aromatic rings. The molecule has 1 unspecified atom stereocenters. The first-order chi connectivity index (χ1) is 16.4. The van der Waals surface area contributed by atoms with Gasteiger partial charge in [0, 0.05) is 23.6 Å². The molecular weight excluding hydrogens is 436 g/mol. The highest BCUT2D eigenvalue weighted by molar-refractivity contribution is 6.51. The minimum absolute atomic E-state index is 0.0388. The fraction of sp³-hybridized carbons (Fsp3) is 0.154. The Morgan fingerprint density at radius 1 is 1.03 bits per heavy atom. The molecule has 8 heteroatoms. The predicted molar refractivity (Wildman–Crippen MR) is 124 cm³/mol. The molecule has 0 saturated carbocycles. The fourth-order valence-electron chi connectivity index (χ4n) is 3.90. The number of aliphatic hydroxyl groups excluding tert-OH is 1. The van der Waals surface area contributed by atoms with Crippen molar-refractivity contribution in [2.75, 3.05) is 19.1 Å². The average Bonchev–Trinajstić information content (AvgIpc) is 3.14. The molecule has 8 nitrogen and oxygen atoms in total. The van der Waals surface area contributed by atoms with E-state index in [1.165, 1.54) is 31.5 Å². The van der Waals surface area contributed by atoms with Gasteiger partial charge in [0.05, 0.1) is 32.3 Å². The number of aromatic nitrogens is 1. The Morgan fingerprint density at radius 2 is 1.74 bits per heavy atom. The molecule has 0 aliphatic carbocycles. The summed E-state index contributed by atoms with van der Waals surface area (Å²) in [5.74, 6) is -1.72. The SMILES string of the molecule is COC(=O)Cc1ccc(N2C(=O)C(=O)/C(=C(\O)c3ccncc3)C2c2cccc(OC)c2)cc1. The van der Waals surface area contributed by atoms with Crippen molar-refractivity contribution in [2.45, 2.75) is 12.5 Å². The van der Waals surface area contributed by atoms with E-state index in [0.717, 1.165) is 0 Å². The van der Waals surface area contributed by atoms with Gasteiger partial charge in [-0.15, -0.1) is 0 Å². The molecule has 1 saturated heterocycles. The van der Waals surface area contributed by atoms with Crippen LogP contribution in [0.4, 0.5) is 5.69 Å². The van der Waals surface area contributed by atoms with Gasteiger partial charge < -0.3 is 14.6 Å². The van der Waals surface area contributed by atoms with Crippen LogP contribution in [-0.4, -0.2) is 42.0 Å². The number of ether oxygens (including phenoxy) is 2. The molecule has 2 heterocycles. The first-order valence-corrected chi connectivity index (χ1v) is 10.5. The van der Waals surface area contributed by atoms with Crippen molar-refractivity contribution in [1.82, 2.24) is 4.98 Å². The fourth-order valence-corrected chi connectivity index (χ4v) is 3.90. The number of aliphatic hydroxyl groups is 1. The summed E-state index contributed by atoms with van der Waals surface area (Å²) in [5.41, 5.74) is 2.06. The Balaban J connectivity index is 1.85. The van der Waals surface area contributed by atoms with Crippen LogP contribution < -0.4 is 9.64 Å². The highest BCUT2D eigenvalue weighted by Gasteiger charge is 2.47. The number of anilines is 1. The number of carbonyl (C=O) groups is 3. The highest BCUT2D eigenvalue weighted by Crippen LogP contribution is 2.42. The molecular formula is C26H22N2O6. The van der Waals surface area contributed by atoms with E-state index in [2.05, 4.69) is 4.98 Å². The third-order valence-electron chi connectivity index (χ3n) is 5.60. The van der Waals surface area contributed by atoms with Crippen molar-refractivity contribution in [3.63, 3.8) is 0 Å². The molecule has 34 heavy (non-hydrogen) atoms. The van der Waals surface area contributed by atoms with Crippen LogP contribution in [0.2, 0.25) is 0 Å². The number of rotatable bonds is 6. The molecule has 1 amide bonds. The van der Waals surface area contributed by atoms with E-state index in [4.69, 9.17) is 9.47 Å². The Kier molecular flexibility index (Phi) is 6.40. The lowest BCUT2D eigenvalue weighted by Crippen LogP contribution is -2.29. The lowest BCUT2D eigenvalue weighted by molar-refractivity contribution is -0.139. The summed E-state index contributed by atoms with van der Waals surface area (Å²) >= 11 is 0. The molecule has 0 bridgehead atoms. The molecule has 1 fully saturated rings. The van der Waals surface area contributed by atoms with E-state index < -0.39 is 17.7 Å². The number of benzene rings is 2. The van der Waals surface area contributed by atoms with E-state index in [-0.39, 0.29) is 23.7 Å². The van der Waals surface area contributed by atoms with E-state index in [1.807, 2.05) is 0 Å². The largest absolute Gasteiger partial charge is 0.507 e. The van der Waals surface area contributed by atoms with E-state index in [0.29, 0.717) is 28.1 Å². The standard InChI is InChI=1S/C26H22N2O6/c1-33-20-5-3-4-18(15-20)23-22(24(30)17-10-12-27-13-11-17)25(31)26(32)28(23)19-8-6-16(7-9-19)14-21(29)34-2/h3-13,15,23,30H,14H2,1-2H3/b24-22-. The van der Waals surface area contributed by atoms with Gasteiger partial charge in [-0.2, -0.15) is 0 Å². The van der Waals surface area contributed by atoms with Crippen molar-refractivity contribution in [2.24, 2.45) is 0 Å². The van der Waals surface area contributed by atoms with Crippen molar-refractivity contribution < 1.29 is 29.0 Å². The zero-order chi connectivity index (χ0) is 24.2. The molecule has 1 N–H and O–H groups in total. The number of hydrogen-bond donors (Lipinski definition) is 1. The van der Waals surface area contributed by atoms with Crippen LogP contribution in [0.3, 0.4) is 0 Å². The molecule has 0 spiro atoms. The van der Waals surface area contributed by atoms with Crippen LogP contribution in [0.1, 0.15) is 22.7 Å². The second kappa shape index (κ2) is 9.58. The predicted octanol–water partition coefficient (Wildman–Crippen LogP) is 3.43. The van der Waals surface area contributed by atoms with Crippen molar-refractivity contribution in [3.05, 3.63) is 95.3 Å². The number of amides is 1. The lowest BCUT2D eigenvalue weighted by atomic mass is 9.95. The maximum absolute atomic E-state index is 13.2. The number of Topliss-reactive ketones (excluding diaryl/α,β-unsaturated/α-hetero) is 1. The Labute approximate surface area is 196 Å². The zero-order valence-corrected chi connectivity index (χ0v) is 18.6. The van der Waals surface area contributed by atoms with Gasteiger partial charge in [-0.25, -0.2) is 0 Å². The van der Waals surface area contributed by atoms with Gasteiger partial charge >= 0.3 is 5.97 Å². The van der Waals surface area contributed by atoms with Gasteiger partial charge in [0.2, 0.25) is 0 Å². The number of methoxy groups -OCH3 is 2. The third-order valence-corrected chi connectivity index (χ3v) is 5.60.